The molecule has 0 fully saturated rings. The van der Waals surface area contributed by atoms with E-state index in [0.29, 0.717) is 45.4 Å². The molecule has 4 N–H and O–H groups in total. The molecular weight excluding hydrogens is 626 g/mol. The average molecular weight is 660 g/mol. The quantitative estimate of drug-likeness (QED) is 0.0929. The Bertz CT molecular complexity index is 1760. The number of aromatic hydroxyl groups is 1. The number of aryl methyl sites for hydroxylation is 1. The molecule has 0 aliphatic carbocycles. The molecule has 0 radical (unpaired) electrons. The Balaban J connectivity index is 1.54. The van der Waals surface area contributed by atoms with Crippen LogP contribution in [-0.4, -0.2) is 42.3 Å². The van der Waals surface area contributed by atoms with Crippen LogP contribution >= 0.6 is 23.4 Å². The first-order chi connectivity index (χ1) is 22.1. The van der Waals surface area contributed by atoms with Gasteiger partial charge in [-0.05, 0) is 73.5 Å². The number of thioether (sulfide) groups is 1. The number of anilines is 2. The molecule has 0 heterocycles. The van der Waals surface area contributed by atoms with E-state index >= 15 is 0 Å². The molecule has 0 aromatic heterocycles. The standard InChI is InChI=1S/C35H34ClN3O6S/c1-5-32(35(43)38-28-16-21(2)27(36)20-31(28)45-4)46-26-13-9-12-24(18-26)37-34(42)29(39-33(41)22-10-7-6-8-11-22)17-23-14-15-25(40)19-30(23)44-3/h6-20,32,40H,5H2,1-4H3,(H,37,42)(H,38,43)(H,39,41)/b29-17+. The molecule has 0 aliphatic heterocycles. The van der Waals surface area contributed by atoms with E-state index in [1.54, 1.807) is 66.7 Å². The van der Waals surface area contributed by atoms with Crippen LogP contribution in [0.3, 0.4) is 0 Å². The van der Waals surface area contributed by atoms with Crippen LogP contribution < -0.4 is 25.4 Å². The number of halogens is 1. The van der Waals surface area contributed by atoms with Gasteiger partial charge in [0, 0.05) is 38.9 Å². The molecule has 1 unspecified atom stereocenters. The van der Waals surface area contributed by atoms with Gasteiger partial charge >= 0.3 is 0 Å². The maximum atomic E-state index is 13.6. The third-order valence-electron chi connectivity index (χ3n) is 6.82. The van der Waals surface area contributed by atoms with E-state index in [1.165, 1.54) is 44.2 Å². The molecule has 0 aliphatic rings. The Morgan fingerprint density at radius 1 is 0.913 bits per heavy atom. The van der Waals surface area contributed by atoms with Crippen LogP contribution in [0, 0.1) is 6.92 Å². The summed E-state index contributed by atoms with van der Waals surface area (Å²) >= 11 is 7.56. The van der Waals surface area contributed by atoms with E-state index in [9.17, 15) is 19.5 Å². The van der Waals surface area contributed by atoms with Gasteiger partial charge in [-0.15, -0.1) is 11.8 Å². The minimum atomic E-state index is -0.587. The fourth-order valence-corrected chi connectivity index (χ4v) is 5.56. The summed E-state index contributed by atoms with van der Waals surface area (Å²) in [6, 6.07) is 23.4. The van der Waals surface area contributed by atoms with Gasteiger partial charge in [0.05, 0.1) is 25.2 Å². The normalized spacial score (nSPS) is 11.7. The minimum Gasteiger partial charge on any atom is -0.508 e. The van der Waals surface area contributed by atoms with Crippen LogP contribution in [0.25, 0.3) is 6.08 Å². The highest BCUT2D eigenvalue weighted by Crippen LogP contribution is 2.33. The molecule has 11 heteroatoms. The zero-order valence-corrected chi connectivity index (χ0v) is 27.3. The number of phenolic OH excluding ortho intramolecular Hbond substituents is 1. The zero-order chi connectivity index (χ0) is 33.2. The molecule has 1 atom stereocenters. The Hall–Kier alpha value is -4.93. The lowest BCUT2D eigenvalue weighted by molar-refractivity contribution is -0.116. The molecule has 4 rings (SSSR count). The van der Waals surface area contributed by atoms with E-state index in [2.05, 4.69) is 16.0 Å². The number of nitrogens with one attached hydrogen (secondary N) is 3. The number of phenols is 1. The summed E-state index contributed by atoms with van der Waals surface area (Å²) in [5, 5.41) is 18.4. The van der Waals surface area contributed by atoms with Crippen LogP contribution in [0.2, 0.25) is 5.02 Å². The van der Waals surface area contributed by atoms with Crippen LogP contribution in [0.4, 0.5) is 11.4 Å². The third kappa shape index (κ3) is 8.83. The van der Waals surface area contributed by atoms with Gasteiger partial charge in [-0.1, -0.05) is 42.8 Å². The number of carbonyl (C=O) groups excluding carboxylic acids is 3. The summed E-state index contributed by atoms with van der Waals surface area (Å²) in [5.41, 5.74) is 2.57. The molecule has 0 saturated heterocycles. The monoisotopic (exact) mass is 659 g/mol. The van der Waals surface area contributed by atoms with Gasteiger partial charge in [0.25, 0.3) is 11.8 Å². The summed E-state index contributed by atoms with van der Waals surface area (Å²) in [5.74, 6) is -0.512. The zero-order valence-electron chi connectivity index (χ0n) is 25.7. The van der Waals surface area contributed by atoms with Crippen LogP contribution in [0.5, 0.6) is 17.2 Å². The van der Waals surface area contributed by atoms with E-state index in [4.69, 9.17) is 21.1 Å². The fraction of sp³-hybridized carbons (Fsp3) is 0.171. The first kappa shape index (κ1) is 34.0. The molecule has 3 amide bonds. The maximum Gasteiger partial charge on any atom is 0.272 e. The number of carbonyl (C=O) groups is 3. The molecule has 0 saturated carbocycles. The van der Waals surface area contributed by atoms with Crippen LogP contribution in [0.15, 0.2) is 95.5 Å². The maximum absolute atomic E-state index is 13.6. The van der Waals surface area contributed by atoms with E-state index in [0.717, 1.165) is 10.5 Å². The van der Waals surface area contributed by atoms with Crippen molar-refractivity contribution in [2.24, 2.45) is 0 Å². The summed E-state index contributed by atoms with van der Waals surface area (Å²) < 4.78 is 10.8. The summed E-state index contributed by atoms with van der Waals surface area (Å²) in [7, 11) is 2.95. The predicted molar refractivity (Wildman–Crippen MR) is 183 cm³/mol. The molecule has 46 heavy (non-hydrogen) atoms. The number of methoxy groups -OCH3 is 2. The smallest absolute Gasteiger partial charge is 0.272 e. The minimum absolute atomic E-state index is 0.0101. The lowest BCUT2D eigenvalue weighted by Crippen LogP contribution is -2.30. The first-order valence-electron chi connectivity index (χ1n) is 14.3. The lowest BCUT2D eigenvalue weighted by atomic mass is 10.1. The van der Waals surface area contributed by atoms with Crippen molar-refractivity contribution < 1.29 is 29.0 Å². The van der Waals surface area contributed by atoms with Crippen LogP contribution in [-0.2, 0) is 9.59 Å². The lowest BCUT2D eigenvalue weighted by Gasteiger charge is -2.18. The molecule has 0 spiro atoms. The fourth-order valence-electron chi connectivity index (χ4n) is 4.39. The van der Waals surface area contributed by atoms with Gasteiger partial charge in [0.2, 0.25) is 5.91 Å². The largest absolute Gasteiger partial charge is 0.508 e. The van der Waals surface area contributed by atoms with Gasteiger partial charge in [-0.25, -0.2) is 0 Å². The number of benzene rings is 4. The Morgan fingerprint density at radius 2 is 1.65 bits per heavy atom. The number of hydrogen-bond donors (Lipinski definition) is 4. The van der Waals surface area contributed by atoms with E-state index in [-0.39, 0.29) is 17.4 Å². The first-order valence-corrected chi connectivity index (χ1v) is 15.6. The number of ether oxygens (including phenoxy) is 2. The van der Waals surface area contributed by atoms with Crippen molar-refractivity contribution in [1.29, 1.82) is 0 Å². The SMILES string of the molecule is CCC(Sc1cccc(NC(=O)/C(=C\c2ccc(O)cc2OC)NC(=O)c2ccccc2)c1)C(=O)Nc1cc(C)c(Cl)cc1OC. The Labute approximate surface area is 277 Å². The highest BCUT2D eigenvalue weighted by molar-refractivity contribution is 8.00. The topological polar surface area (TPSA) is 126 Å². The van der Waals surface area contributed by atoms with Gasteiger partial charge < -0.3 is 30.5 Å². The summed E-state index contributed by atoms with van der Waals surface area (Å²) in [6.45, 7) is 3.76. The van der Waals surface area contributed by atoms with Gasteiger partial charge in [0.1, 0.15) is 22.9 Å². The second-order valence-corrected chi connectivity index (χ2v) is 11.8. The molecule has 238 valence electrons. The van der Waals surface area contributed by atoms with Gasteiger partial charge in [0.15, 0.2) is 0 Å². The number of hydrogen-bond acceptors (Lipinski definition) is 7. The van der Waals surface area contributed by atoms with Crippen molar-refractivity contribution in [3.8, 4) is 17.2 Å². The second kappa shape index (κ2) is 15.9. The van der Waals surface area contributed by atoms with Crippen molar-refractivity contribution in [1.82, 2.24) is 5.32 Å². The Kier molecular flexibility index (Phi) is 11.7. The Morgan fingerprint density at radius 3 is 2.35 bits per heavy atom. The predicted octanol–water partition coefficient (Wildman–Crippen LogP) is 7.29. The summed E-state index contributed by atoms with van der Waals surface area (Å²) in [4.78, 5) is 40.6. The van der Waals surface area contributed by atoms with Gasteiger partial charge in [-0.3, -0.25) is 14.4 Å². The van der Waals surface area contributed by atoms with Gasteiger partial charge in [-0.2, -0.15) is 0 Å². The number of amides is 3. The summed E-state index contributed by atoms with van der Waals surface area (Å²) in [6.07, 6.45) is 2.01. The van der Waals surface area contributed by atoms with Crippen LogP contribution in [0.1, 0.15) is 34.8 Å². The number of rotatable bonds is 12. The average Bonchev–Trinajstić information content (AvgIpc) is 3.05. The highest BCUT2D eigenvalue weighted by Gasteiger charge is 2.21. The van der Waals surface area contributed by atoms with Crippen molar-refractivity contribution in [3.63, 3.8) is 0 Å². The van der Waals surface area contributed by atoms with Crippen molar-refractivity contribution in [2.45, 2.75) is 30.4 Å². The second-order valence-electron chi connectivity index (χ2n) is 10.1. The molecular formula is C35H34ClN3O6S. The van der Waals surface area contributed by atoms with E-state index in [1.807, 2.05) is 19.9 Å². The molecule has 4 aromatic rings. The third-order valence-corrected chi connectivity index (χ3v) is 8.58. The van der Waals surface area contributed by atoms with Crippen molar-refractivity contribution in [3.05, 3.63) is 112 Å². The molecule has 4 aromatic carbocycles. The highest BCUT2D eigenvalue weighted by atomic mass is 35.5. The molecule has 0 bridgehead atoms. The van der Waals surface area contributed by atoms with Crippen molar-refractivity contribution >= 4 is 58.5 Å². The van der Waals surface area contributed by atoms with Crippen molar-refractivity contribution in [2.75, 3.05) is 24.9 Å². The molecule has 9 nitrogen and oxygen atoms in total. The van der Waals surface area contributed by atoms with E-state index < -0.39 is 17.1 Å².